The highest BCUT2D eigenvalue weighted by molar-refractivity contribution is 5.96. The first-order chi connectivity index (χ1) is 13.8. The van der Waals surface area contributed by atoms with Gasteiger partial charge in [-0.1, -0.05) is 30.3 Å². The van der Waals surface area contributed by atoms with Crippen LogP contribution in [0.25, 0.3) is 6.08 Å². The topological polar surface area (TPSA) is 76.1 Å². The van der Waals surface area contributed by atoms with E-state index in [1.165, 1.54) is 0 Å². The third kappa shape index (κ3) is 4.66. The number of anilines is 1. The normalized spacial score (nSPS) is 19.9. The molecule has 1 N–H and O–H groups in total. The smallest absolute Gasteiger partial charge is 0.338 e. The first-order valence-corrected chi connectivity index (χ1v) is 9.38. The van der Waals surface area contributed by atoms with Crippen molar-refractivity contribution in [1.82, 2.24) is 0 Å². The number of carbonyl (C=O) groups excluding carboxylic acids is 2. The van der Waals surface area contributed by atoms with Gasteiger partial charge in [0.05, 0.1) is 12.2 Å². The average Bonchev–Trinajstić information content (AvgIpc) is 3.03. The summed E-state index contributed by atoms with van der Waals surface area (Å²) >= 11 is 0. The van der Waals surface area contributed by atoms with Crippen molar-refractivity contribution in [3.63, 3.8) is 0 Å². The number of aliphatic hydroxyl groups excluding tert-OH is 1. The molecule has 6 heteroatoms. The van der Waals surface area contributed by atoms with Gasteiger partial charge in [0.1, 0.15) is 6.61 Å². The van der Waals surface area contributed by atoms with Crippen molar-refractivity contribution in [1.29, 1.82) is 0 Å². The van der Waals surface area contributed by atoms with Gasteiger partial charge >= 0.3 is 11.9 Å². The van der Waals surface area contributed by atoms with Crippen LogP contribution in [0.3, 0.4) is 0 Å². The maximum absolute atomic E-state index is 12.4. The predicted octanol–water partition coefficient (Wildman–Crippen LogP) is 2.98. The number of aliphatic hydroxyl groups is 1. The zero-order valence-corrected chi connectivity index (χ0v) is 16.8. The molecule has 6 nitrogen and oxygen atoms in total. The van der Waals surface area contributed by atoms with Crippen molar-refractivity contribution in [3.8, 4) is 0 Å². The maximum atomic E-state index is 12.4. The Kier molecular flexibility index (Phi) is 6.03. The fourth-order valence-corrected chi connectivity index (χ4v) is 3.19. The van der Waals surface area contributed by atoms with Gasteiger partial charge < -0.3 is 19.5 Å². The molecule has 29 heavy (non-hydrogen) atoms. The van der Waals surface area contributed by atoms with Crippen LogP contribution in [-0.2, 0) is 14.3 Å². The van der Waals surface area contributed by atoms with E-state index in [-0.39, 0.29) is 13.0 Å². The number of hydrogen-bond acceptors (Lipinski definition) is 6. The lowest BCUT2D eigenvalue weighted by atomic mass is 9.98. The van der Waals surface area contributed by atoms with E-state index >= 15 is 0 Å². The first-order valence-electron chi connectivity index (χ1n) is 9.38. The van der Waals surface area contributed by atoms with Gasteiger partial charge in [-0.2, -0.15) is 0 Å². The summed E-state index contributed by atoms with van der Waals surface area (Å²) in [6, 6.07) is 14.8. The van der Waals surface area contributed by atoms with Crippen molar-refractivity contribution in [2.45, 2.75) is 18.9 Å². The van der Waals surface area contributed by atoms with Gasteiger partial charge in [-0.25, -0.2) is 9.59 Å². The molecule has 3 rings (SSSR count). The number of cyclic esters (lactones) is 1. The van der Waals surface area contributed by atoms with Crippen LogP contribution in [0.15, 0.2) is 54.1 Å². The SMILES string of the molecule is Cc1ccccc1C(=O)OCC1(CO)C/C(=C/c2ccc(N(C)C)cc2)C(=O)O1. The molecule has 1 atom stereocenters. The molecule has 0 bridgehead atoms. The van der Waals surface area contributed by atoms with E-state index in [1.54, 1.807) is 18.2 Å². The lowest BCUT2D eigenvalue weighted by Crippen LogP contribution is -2.39. The van der Waals surface area contributed by atoms with Crippen LogP contribution in [-0.4, -0.2) is 50.0 Å². The maximum Gasteiger partial charge on any atom is 0.338 e. The van der Waals surface area contributed by atoms with Gasteiger partial charge in [0.2, 0.25) is 0 Å². The molecule has 1 saturated heterocycles. The van der Waals surface area contributed by atoms with Crippen LogP contribution in [0.4, 0.5) is 5.69 Å². The number of carbonyl (C=O) groups is 2. The number of nitrogens with zero attached hydrogens (tertiary/aromatic N) is 1. The van der Waals surface area contributed by atoms with Crippen molar-refractivity contribution in [2.24, 2.45) is 0 Å². The van der Waals surface area contributed by atoms with Crippen LogP contribution in [0.1, 0.15) is 27.9 Å². The lowest BCUT2D eigenvalue weighted by molar-refractivity contribution is -0.154. The molecule has 1 heterocycles. The zero-order valence-electron chi connectivity index (χ0n) is 16.8. The molecule has 2 aromatic carbocycles. The Balaban J connectivity index is 1.71. The van der Waals surface area contributed by atoms with Gasteiger partial charge in [0.25, 0.3) is 0 Å². The van der Waals surface area contributed by atoms with Gasteiger partial charge in [0.15, 0.2) is 5.60 Å². The third-order valence-electron chi connectivity index (χ3n) is 4.95. The standard InChI is InChI=1S/C23H25NO5/c1-16-6-4-5-7-20(16)22(27)28-15-23(14-25)13-18(21(26)29-23)12-17-8-10-19(11-9-17)24(2)3/h4-12,25H,13-15H2,1-3H3/b18-12-. The Hall–Kier alpha value is -3.12. The predicted molar refractivity (Wildman–Crippen MR) is 111 cm³/mol. The minimum Gasteiger partial charge on any atom is -0.458 e. The Morgan fingerprint density at radius 3 is 2.52 bits per heavy atom. The highest BCUT2D eigenvalue weighted by atomic mass is 16.6. The van der Waals surface area contributed by atoms with Crippen LogP contribution in [0.2, 0.25) is 0 Å². The molecular formula is C23H25NO5. The summed E-state index contributed by atoms with van der Waals surface area (Å²) in [7, 11) is 3.91. The summed E-state index contributed by atoms with van der Waals surface area (Å²) < 4.78 is 10.8. The van der Waals surface area contributed by atoms with E-state index in [4.69, 9.17) is 9.47 Å². The summed E-state index contributed by atoms with van der Waals surface area (Å²) in [6.45, 7) is 1.17. The molecule has 0 amide bonds. The van der Waals surface area contributed by atoms with Gasteiger partial charge in [0, 0.05) is 31.8 Å². The molecule has 1 fully saturated rings. The number of hydrogen-bond donors (Lipinski definition) is 1. The number of aryl methyl sites for hydroxylation is 1. The first kappa shape index (κ1) is 20.6. The number of ether oxygens (including phenoxy) is 2. The van der Waals surface area contributed by atoms with Gasteiger partial charge in [-0.3, -0.25) is 0 Å². The fourth-order valence-electron chi connectivity index (χ4n) is 3.19. The van der Waals surface area contributed by atoms with Crippen LogP contribution < -0.4 is 4.90 Å². The highest BCUT2D eigenvalue weighted by Crippen LogP contribution is 2.33. The molecule has 0 aliphatic carbocycles. The molecule has 0 saturated carbocycles. The Bertz CT molecular complexity index is 933. The van der Waals surface area contributed by atoms with E-state index in [2.05, 4.69) is 0 Å². The lowest BCUT2D eigenvalue weighted by Gasteiger charge is -2.24. The van der Waals surface area contributed by atoms with Crippen molar-refractivity contribution >= 4 is 23.7 Å². The van der Waals surface area contributed by atoms with Gasteiger partial charge in [-0.15, -0.1) is 0 Å². The van der Waals surface area contributed by atoms with E-state index in [1.807, 2.05) is 62.3 Å². The van der Waals surface area contributed by atoms with Crippen molar-refractivity contribution in [3.05, 3.63) is 70.8 Å². The molecule has 152 valence electrons. The molecule has 0 spiro atoms. The Labute approximate surface area is 170 Å². The molecule has 1 unspecified atom stereocenters. The van der Waals surface area contributed by atoms with Crippen LogP contribution in [0.5, 0.6) is 0 Å². The fraction of sp³-hybridized carbons (Fsp3) is 0.304. The minimum absolute atomic E-state index is 0.165. The van der Waals surface area contributed by atoms with E-state index in [0.29, 0.717) is 11.1 Å². The second-order valence-corrected chi connectivity index (χ2v) is 7.45. The Morgan fingerprint density at radius 1 is 1.21 bits per heavy atom. The molecular weight excluding hydrogens is 370 g/mol. The average molecular weight is 395 g/mol. The zero-order chi connectivity index (χ0) is 21.0. The molecule has 2 aromatic rings. The van der Waals surface area contributed by atoms with Gasteiger partial charge in [-0.05, 0) is 42.3 Å². The van der Waals surface area contributed by atoms with Crippen LogP contribution >= 0.6 is 0 Å². The number of esters is 2. The van der Waals surface area contributed by atoms with Crippen LogP contribution in [0, 0.1) is 6.92 Å². The van der Waals surface area contributed by atoms with Crippen molar-refractivity contribution < 1.29 is 24.2 Å². The number of rotatable bonds is 6. The third-order valence-corrected chi connectivity index (χ3v) is 4.95. The summed E-state index contributed by atoms with van der Waals surface area (Å²) in [5.41, 5.74) is 2.32. The minimum atomic E-state index is -1.26. The summed E-state index contributed by atoms with van der Waals surface area (Å²) in [4.78, 5) is 26.7. The highest BCUT2D eigenvalue weighted by Gasteiger charge is 2.44. The largest absolute Gasteiger partial charge is 0.458 e. The monoisotopic (exact) mass is 395 g/mol. The summed E-state index contributed by atoms with van der Waals surface area (Å²) in [5, 5.41) is 9.85. The van der Waals surface area contributed by atoms with E-state index < -0.39 is 24.1 Å². The molecule has 1 aliphatic rings. The van der Waals surface area contributed by atoms with E-state index in [0.717, 1.165) is 16.8 Å². The quantitative estimate of drug-likeness (QED) is 0.599. The summed E-state index contributed by atoms with van der Waals surface area (Å²) in [6.07, 6.45) is 1.90. The second kappa shape index (κ2) is 8.49. The van der Waals surface area contributed by atoms with E-state index in [9.17, 15) is 14.7 Å². The van der Waals surface area contributed by atoms with Crippen molar-refractivity contribution in [2.75, 3.05) is 32.2 Å². The number of benzene rings is 2. The second-order valence-electron chi connectivity index (χ2n) is 7.45. The Morgan fingerprint density at radius 2 is 1.90 bits per heavy atom. The molecule has 1 aliphatic heterocycles. The molecule has 0 radical (unpaired) electrons. The molecule has 0 aromatic heterocycles. The summed E-state index contributed by atoms with van der Waals surface area (Å²) in [5.74, 6) is -1.02.